The average molecular weight is 422 g/mol. The molecule has 0 spiro atoms. The van der Waals surface area contributed by atoms with Crippen LogP contribution >= 0.6 is 0 Å². The molecule has 8 nitrogen and oxygen atoms in total. The number of nitrogens with one attached hydrogen (secondary N) is 1. The Balaban J connectivity index is 1.63. The lowest BCUT2D eigenvalue weighted by atomic mass is 10.0. The second-order valence-corrected chi connectivity index (χ2v) is 8.99. The molecule has 2 aromatic heterocycles. The number of aryl methyl sites for hydroxylation is 1. The maximum absolute atomic E-state index is 13.3. The van der Waals surface area contributed by atoms with Crippen LogP contribution in [0.5, 0.6) is 0 Å². The van der Waals surface area contributed by atoms with E-state index in [1.807, 2.05) is 10.7 Å². The standard InChI is InChI=1S/C23H31N7O/c1-3-16-8-9-20-17(14-16)15-19(23(31)24-20)21(29-12-10-28(2)11-13-29)22-25-26-27-30(22)18-6-4-5-7-18/h8-9,14-15,18,21H,3-7,10-13H2,1-2H3,(H,24,31). The highest BCUT2D eigenvalue weighted by atomic mass is 16.1. The molecule has 1 N–H and O–H groups in total. The molecule has 31 heavy (non-hydrogen) atoms. The first-order chi connectivity index (χ1) is 15.1. The van der Waals surface area contributed by atoms with Gasteiger partial charge >= 0.3 is 0 Å². The molecule has 164 valence electrons. The van der Waals surface area contributed by atoms with Crippen LogP contribution < -0.4 is 5.56 Å². The predicted octanol–water partition coefficient (Wildman–Crippen LogP) is 2.53. The molecule has 1 unspecified atom stereocenters. The van der Waals surface area contributed by atoms with Gasteiger partial charge in [0.2, 0.25) is 0 Å². The topological polar surface area (TPSA) is 82.9 Å². The van der Waals surface area contributed by atoms with Crippen molar-refractivity contribution < 1.29 is 0 Å². The number of H-pyrrole nitrogens is 1. The fourth-order valence-electron chi connectivity index (χ4n) is 5.06. The Hall–Kier alpha value is -2.58. The fourth-order valence-corrected chi connectivity index (χ4v) is 5.06. The lowest BCUT2D eigenvalue weighted by Gasteiger charge is -2.37. The molecule has 1 atom stereocenters. The average Bonchev–Trinajstić information content (AvgIpc) is 3.47. The van der Waals surface area contributed by atoms with Crippen LogP contribution in [0.2, 0.25) is 0 Å². The number of aromatic nitrogens is 5. The van der Waals surface area contributed by atoms with Gasteiger partial charge < -0.3 is 9.88 Å². The number of nitrogens with zero attached hydrogens (tertiary/aromatic N) is 6. The highest BCUT2D eigenvalue weighted by Gasteiger charge is 2.34. The van der Waals surface area contributed by atoms with Crippen LogP contribution in [0.15, 0.2) is 29.1 Å². The Bertz CT molecular complexity index is 1110. The Morgan fingerprint density at radius 2 is 1.90 bits per heavy atom. The van der Waals surface area contributed by atoms with Crippen molar-refractivity contribution in [3.63, 3.8) is 0 Å². The monoisotopic (exact) mass is 421 g/mol. The molecule has 1 aromatic carbocycles. The van der Waals surface area contributed by atoms with Crippen molar-refractivity contribution in [1.29, 1.82) is 0 Å². The number of fused-ring (bicyclic) bond motifs is 1. The first kappa shape index (κ1) is 20.3. The number of pyridine rings is 1. The number of rotatable bonds is 5. The van der Waals surface area contributed by atoms with Gasteiger partial charge in [-0.05, 0) is 65.9 Å². The van der Waals surface area contributed by atoms with Gasteiger partial charge in [0.1, 0.15) is 6.04 Å². The second kappa shape index (κ2) is 8.51. The molecule has 2 fully saturated rings. The number of tetrazole rings is 1. The summed E-state index contributed by atoms with van der Waals surface area (Å²) in [5.41, 5.74) is 2.82. The molecule has 5 rings (SSSR count). The largest absolute Gasteiger partial charge is 0.322 e. The van der Waals surface area contributed by atoms with Crippen molar-refractivity contribution in [2.24, 2.45) is 0 Å². The molecule has 0 radical (unpaired) electrons. The highest BCUT2D eigenvalue weighted by molar-refractivity contribution is 5.80. The number of benzene rings is 1. The second-order valence-electron chi connectivity index (χ2n) is 8.99. The summed E-state index contributed by atoms with van der Waals surface area (Å²) in [4.78, 5) is 21.1. The van der Waals surface area contributed by atoms with Gasteiger partial charge in [0.15, 0.2) is 5.82 Å². The van der Waals surface area contributed by atoms with Crippen LogP contribution in [0, 0.1) is 0 Å². The molecule has 1 saturated carbocycles. The van der Waals surface area contributed by atoms with Crippen LogP contribution in [-0.2, 0) is 6.42 Å². The molecule has 0 amide bonds. The SMILES string of the molecule is CCc1ccc2[nH]c(=O)c(C(c3nnnn3C3CCCC3)N3CCN(C)CC3)cc2c1. The smallest absolute Gasteiger partial charge is 0.253 e. The van der Waals surface area contributed by atoms with Crippen molar-refractivity contribution in [1.82, 2.24) is 35.0 Å². The Morgan fingerprint density at radius 1 is 1.13 bits per heavy atom. The van der Waals surface area contributed by atoms with Crippen molar-refractivity contribution >= 4 is 10.9 Å². The first-order valence-corrected chi connectivity index (χ1v) is 11.5. The van der Waals surface area contributed by atoms with E-state index < -0.39 is 0 Å². The van der Waals surface area contributed by atoms with Crippen LogP contribution in [0.3, 0.4) is 0 Å². The zero-order valence-electron chi connectivity index (χ0n) is 18.4. The van der Waals surface area contributed by atoms with Crippen LogP contribution in [-0.4, -0.2) is 68.2 Å². The fraction of sp³-hybridized carbons (Fsp3) is 0.565. The number of likely N-dealkylation sites (N-methyl/N-ethyl adjacent to an activating group) is 1. The summed E-state index contributed by atoms with van der Waals surface area (Å²) in [6.45, 7) is 5.84. The lowest BCUT2D eigenvalue weighted by molar-refractivity contribution is 0.120. The zero-order chi connectivity index (χ0) is 21.4. The summed E-state index contributed by atoms with van der Waals surface area (Å²) in [7, 11) is 2.14. The third-order valence-electron chi connectivity index (χ3n) is 6.98. The van der Waals surface area contributed by atoms with E-state index in [2.05, 4.69) is 62.5 Å². The summed E-state index contributed by atoms with van der Waals surface area (Å²) in [6.07, 6.45) is 5.58. The normalized spacial score (nSPS) is 19.9. The third kappa shape index (κ3) is 3.90. The molecular formula is C23H31N7O. The minimum absolute atomic E-state index is 0.0540. The molecule has 3 heterocycles. The van der Waals surface area contributed by atoms with Crippen molar-refractivity contribution in [3.05, 3.63) is 51.6 Å². The van der Waals surface area contributed by atoms with Gasteiger partial charge in [-0.1, -0.05) is 25.8 Å². The van der Waals surface area contributed by atoms with Crippen molar-refractivity contribution in [2.75, 3.05) is 33.2 Å². The van der Waals surface area contributed by atoms with E-state index in [-0.39, 0.29) is 11.6 Å². The van der Waals surface area contributed by atoms with Gasteiger partial charge in [-0.2, -0.15) is 0 Å². The van der Waals surface area contributed by atoms with E-state index in [1.54, 1.807) is 0 Å². The number of hydrogen-bond donors (Lipinski definition) is 1. The summed E-state index contributed by atoms with van der Waals surface area (Å²) >= 11 is 0. The lowest BCUT2D eigenvalue weighted by Crippen LogP contribution is -2.47. The summed E-state index contributed by atoms with van der Waals surface area (Å²) in [5.74, 6) is 0.799. The van der Waals surface area contributed by atoms with E-state index in [9.17, 15) is 4.79 Å². The summed E-state index contributed by atoms with van der Waals surface area (Å²) < 4.78 is 2.00. The van der Waals surface area contributed by atoms with Gasteiger partial charge in [0.05, 0.1) is 6.04 Å². The van der Waals surface area contributed by atoms with E-state index >= 15 is 0 Å². The van der Waals surface area contributed by atoms with Gasteiger partial charge in [0.25, 0.3) is 5.56 Å². The van der Waals surface area contributed by atoms with Gasteiger partial charge in [-0.25, -0.2) is 4.68 Å². The zero-order valence-corrected chi connectivity index (χ0v) is 18.4. The highest BCUT2D eigenvalue weighted by Crippen LogP contribution is 2.34. The van der Waals surface area contributed by atoms with E-state index in [1.165, 1.54) is 18.4 Å². The first-order valence-electron chi connectivity index (χ1n) is 11.5. The van der Waals surface area contributed by atoms with Crippen molar-refractivity contribution in [3.8, 4) is 0 Å². The van der Waals surface area contributed by atoms with Crippen molar-refractivity contribution in [2.45, 2.75) is 51.1 Å². The van der Waals surface area contributed by atoms with Crippen LogP contribution in [0.4, 0.5) is 0 Å². The number of aromatic amines is 1. The molecule has 1 aliphatic carbocycles. The Kier molecular flexibility index (Phi) is 5.58. The summed E-state index contributed by atoms with van der Waals surface area (Å²) in [5, 5.41) is 14.0. The Morgan fingerprint density at radius 3 is 2.65 bits per heavy atom. The molecule has 3 aromatic rings. The molecular weight excluding hydrogens is 390 g/mol. The van der Waals surface area contributed by atoms with Gasteiger partial charge in [-0.3, -0.25) is 9.69 Å². The number of piperazine rings is 1. The molecule has 2 aliphatic rings. The van der Waals surface area contributed by atoms with Gasteiger partial charge in [0, 0.05) is 37.3 Å². The maximum Gasteiger partial charge on any atom is 0.253 e. The minimum Gasteiger partial charge on any atom is -0.322 e. The summed E-state index contributed by atoms with van der Waals surface area (Å²) in [6, 6.07) is 8.40. The third-order valence-corrected chi connectivity index (χ3v) is 6.98. The van der Waals surface area contributed by atoms with E-state index in [0.29, 0.717) is 6.04 Å². The van der Waals surface area contributed by atoms with Crippen LogP contribution in [0.1, 0.15) is 61.6 Å². The Labute approximate surface area is 182 Å². The molecule has 1 aliphatic heterocycles. The molecule has 8 heteroatoms. The minimum atomic E-state index is -0.247. The molecule has 1 saturated heterocycles. The van der Waals surface area contributed by atoms with Crippen LogP contribution in [0.25, 0.3) is 10.9 Å². The number of hydrogen-bond acceptors (Lipinski definition) is 6. The van der Waals surface area contributed by atoms with Gasteiger partial charge in [-0.15, -0.1) is 5.10 Å². The van der Waals surface area contributed by atoms with E-state index in [4.69, 9.17) is 0 Å². The quantitative estimate of drug-likeness (QED) is 0.682. The predicted molar refractivity (Wildman–Crippen MR) is 120 cm³/mol. The van der Waals surface area contributed by atoms with E-state index in [0.717, 1.165) is 67.7 Å². The maximum atomic E-state index is 13.3. The molecule has 0 bridgehead atoms.